The fourth-order valence-electron chi connectivity index (χ4n) is 2.60. The Bertz CT molecular complexity index is 1020. The second-order valence-corrected chi connectivity index (χ2v) is 5.18. The SMILES string of the molecule is COCc1cc2c(N)nc(-c3c[nH]c4ncc(F)cc34)nn2c1. The first-order chi connectivity index (χ1) is 11.2. The van der Waals surface area contributed by atoms with Crippen molar-refractivity contribution >= 4 is 22.4 Å². The van der Waals surface area contributed by atoms with E-state index < -0.39 is 5.82 Å². The molecule has 0 aliphatic heterocycles. The van der Waals surface area contributed by atoms with Gasteiger partial charge in [-0.2, -0.15) is 0 Å². The molecule has 23 heavy (non-hydrogen) atoms. The van der Waals surface area contributed by atoms with Crippen molar-refractivity contribution in [3.05, 3.63) is 42.1 Å². The van der Waals surface area contributed by atoms with E-state index in [1.807, 2.05) is 12.3 Å². The van der Waals surface area contributed by atoms with Crippen molar-refractivity contribution in [2.75, 3.05) is 12.8 Å². The van der Waals surface area contributed by atoms with Gasteiger partial charge in [0.15, 0.2) is 11.6 Å². The molecular formula is C15H13FN6O. The fourth-order valence-corrected chi connectivity index (χ4v) is 2.60. The van der Waals surface area contributed by atoms with Gasteiger partial charge in [-0.15, -0.1) is 5.10 Å². The van der Waals surface area contributed by atoms with Crippen LogP contribution in [-0.2, 0) is 11.3 Å². The summed E-state index contributed by atoms with van der Waals surface area (Å²) < 4.78 is 20.2. The molecule has 4 heterocycles. The number of ether oxygens (including phenoxy) is 1. The zero-order valence-corrected chi connectivity index (χ0v) is 12.2. The maximum Gasteiger partial charge on any atom is 0.184 e. The molecule has 4 rings (SSSR count). The number of H-pyrrole nitrogens is 1. The number of aromatic nitrogens is 5. The third-order valence-electron chi connectivity index (χ3n) is 3.60. The number of nitrogens with two attached hydrogens (primary N) is 1. The highest BCUT2D eigenvalue weighted by Gasteiger charge is 2.14. The van der Waals surface area contributed by atoms with E-state index in [2.05, 4.69) is 20.1 Å². The van der Waals surface area contributed by atoms with E-state index in [-0.39, 0.29) is 0 Å². The van der Waals surface area contributed by atoms with Crippen LogP contribution in [0, 0.1) is 5.82 Å². The minimum absolute atomic E-state index is 0.344. The number of halogens is 1. The molecule has 0 unspecified atom stereocenters. The average Bonchev–Trinajstić information content (AvgIpc) is 3.11. The molecule has 4 aromatic rings. The first kappa shape index (κ1) is 13.6. The number of nitrogens with zero attached hydrogens (tertiary/aromatic N) is 4. The Morgan fingerprint density at radius 1 is 1.39 bits per heavy atom. The van der Waals surface area contributed by atoms with E-state index in [1.165, 1.54) is 6.07 Å². The number of hydrogen-bond donors (Lipinski definition) is 2. The lowest BCUT2D eigenvalue weighted by Gasteiger charge is -2.02. The minimum atomic E-state index is -0.421. The van der Waals surface area contributed by atoms with Gasteiger partial charge in [-0.25, -0.2) is 18.9 Å². The minimum Gasteiger partial charge on any atom is -0.382 e. The van der Waals surface area contributed by atoms with Crippen LogP contribution < -0.4 is 5.73 Å². The van der Waals surface area contributed by atoms with Crippen LogP contribution in [0.25, 0.3) is 27.9 Å². The number of nitrogens with one attached hydrogen (secondary N) is 1. The van der Waals surface area contributed by atoms with Crippen LogP contribution in [0.4, 0.5) is 10.2 Å². The Morgan fingerprint density at radius 2 is 2.26 bits per heavy atom. The molecular weight excluding hydrogens is 299 g/mol. The zero-order valence-electron chi connectivity index (χ0n) is 12.2. The van der Waals surface area contributed by atoms with Gasteiger partial charge in [-0.05, 0) is 17.7 Å². The number of anilines is 1. The molecule has 0 aromatic carbocycles. The van der Waals surface area contributed by atoms with Gasteiger partial charge in [0, 0.05) is 30.5 Å². The normalized spacial score (nSPS) is 11.6. The summed E-state index contributed by atoms with van der Waals surface area (Å²) in [7, 11) is 1.62. The number of fused-ring (bicyclic) bond motifs is 2. The summed E-state index contributed by atoms with van der Waals surface area (Å²) in [6.07, 6.45) is 4.68. The van der Waals surface area contributed by atoms with Gasteiger partial charge < -0.3 is 15.5 Å². The molecule has 8 heteroatoms. The van der Waals surface area contributed by atoms with Gasteiger partial charge in [0.05, 0.1) is 12.8 Å². The molecule has 0 radical (unpaired) electrons. The van der Waals surface area contributed by atoms with Crippen molar-refractivity contribution in [2.45, 2.75) is 6.61 Å². The Morgan fingerprint density at radius 3 is 3.09 bits per heavy atom. The first-order valence-electron chi connectivity index (χ1n) is 6.92. The van der Waals surface area contributed by atoms with Crippen LogP contribution >= 0.6 is 0 Å². The van der Waals surface area contributed by atoms with Crippen LogP contribution in [0.2, 0.25) is 0 Å². The molecule has 4 aromatic heterocycles. The summed E-state index contributed by atoms with van der Waals surface area (Å²) in [6, 6.07) is 3.27. The summed E-state index contributed by atoms with van der Waals surface area (Å²) in [4.78, 5) is 11.3. The summed E-state index contributed by atoms with van der Waals surface area (Å²) >= 11 is 0. The van der Waals surface area contributed by atoms with Crippen LogP contribution in [0.5, 0.6) is 0 Å². The lowest BCUT2D eigenvalue weighted by molar-refractivity contribution is 0.185. The lowest BCUT2D eigenvalue weighted by Crippen LogP contribution is -2.02. The summed E-state index contributed by atoms with van der Waals surface area (Å²) in [6.45, 7) is 0.459. The van der Waals surface area contributed by atoms with Crippen molar-refractivity contribution in [1.29, 1.82) is 0 Å². The lowest BCUT2D eigenvalue weighted by atomic mass is 10.2. The Kier molecular flexibility index (Phi) is 2.98. The molecule has 0 amide bonds. The van der Waals surface area contributed by atoms with Crippen molar-refractivity contribution < 1.29 is 9.13 Å². The first-order valence-corrected chi connectivity index (χ1v) is 6.92. The molecule has 0 fully saturated rings. The van der Waals surface area contributed by atoms with Crippen LogP contribution in [0.3, 0.4) is 0 Å². The number of rotatable bonds is 3. The highest BCUT2D eigenvalue weighted by molar-refractivity contribution is 5.91. The van der Waals surface area contributed by atoms with E-state index in [0.29, 0.717) is 40.4 Å². The topological polar surface area (TPSA) is 94.1 Å². The zero-order chi connectivity index (χ0) is 16.0. The Labute approximate surface area is 129 Å². The molecule has 116 valence electrons. The second-order valence-electron chi connectivity index (χ2n) is 5.18. The molecule has 0 atom stereocenters. The summed E-state index contributed by atoms with van der Waals surface area (Å²) in [5.41, 5.74) is 8.88. The molecule has 0 bridgehead atoms. The predicted octanol–water partition coefficient (Wildman–Crippen LogP) is 2.14. The number of pyridine rings is 1. The van der Waals surface area contributed by atoms with E-state index in [1.54, 1.807) is 17.8 Å². The van der Waals surface area contributed by atoms with Crippen molar-refractivity contribution in [1.82, 2.24) is 24.6 Å². The summed E-state index contributed by atoms with van der Waals surface area (Å²) in [5.74, 6) is 0.319. The van der Waals surface area contributed by atoms with Gasteiger partial charge in [-0.1, -0.05) is 0 Å². The standard InChI is InChI=1S/C15H13FN6O/c1-23-7-8-2-12-13(17)20-15(21-22(12)6-8)11-5-19-14-10(11)3-9(16)4-18-14/h2-6H,7H2,1H3,(H,18,19)(H2,17,20,21). The van der Waals surface area contributed by atoms with Crippen LogP contribution in [0.1, 0.15) is 5.56 Å². The highest BCUT2D eigenvalue weighted by Crippen LogP contribution is 2.27. The largest absolute Gasteiger partial charge is 0.382 e. The van der Waals surface area contributed by atoms with Gasteiger partial charge in [-0.3, -0.25) is 0 Å². The maximum absolute atomic E-state index is 13.5. The summed E-state index contributed by atoms with van der Waals surface area (Å²) in [5, 5.41) is 5.07. The number of methoxy groups -OCH3 is 1. The van der Waals surface area contributed by atoms with Gasteiger partial charge in [0.1, 0.15) is 17.0 Å². The van der Waals surface area contributed by atoms with E-state index >= 15 is 0 Å². The van der Waals surface area contributed by atoms with Gasteiger partial charge in [0.2, 0.25) is 0 Å². The quantitative estimate of drug-likeness (QED) is 0.604. The van der Waals surface area contributed by atoms with Gasteiger partial charge >= 0.3 is 0 Å². The number of nitrogen functional groups attached to an aromatic ring is 1. The monoisotopic (exact) mass is 312 g/mol. The van der Waals surface area contributed by atoms with E-state index in [9.17, 15) is 4.39 Å². The third-order valence-corrected chi connectivity index (χ3v) is 3.60. The van der Waals surface area contributed by atoms with Crippen LogP contribution in [0.15, 0.2) is 30.7 Å². The molecule has 0 saturated heterocycles. The predicted molar refractivity (Wildman–Crippen MR) is 83.2 cm³/mol. The fraction of sp³-hybridized carbons (Fsp3) is 0.133. The second kappa shape index (κ2) is 5.03. The van der Waals surface area contributed by atoms with E-state index in [0.717, 1.165) is 11.8 Å². The molecule has 0 aliphatic carbocycles. The number of aromatic amines is 1. The smallest absolute Gasteiger partial charge is 0.184 e. The Hall–Kier alpha value is -3.00. The molecule has 3 N–H and O–H groups in total. The van der Waals surface area contributed by atoms with Crippen LogP contribution in [-0.4, -0.2) is 31.7 Å². The number of hydrogen-bond acceptors (Lipinski definition) is 5. The molecule has 0 spiro atoms. The third kappa shape index (κ3) is 2.20. The molecule has 0 aliphatic rings. The van der Waals surface area contributed by atoms with Crippen molar-refractivity contribution in [3.8, 4) is 11.4 Å². The van der Waals surface area contributed by atoms with E-state index in [4.69, 9.17) is 10.5 Å². The van der Waals surface area contributed by atoms with Crippen molar-refractivity contribution in [2.24, 2.45) is 0 Å². The van der Waals surface area contributed by atoms with Crippen molar-refractivity contribution in [3.63, 3.8) is 0 Å². The molecule has 7 nitrogen and oxygen atoms in total. The average molecular weight is 312 g/mol. The maximum atomic E-state index is 13.5. The molecule has 0 saturated carbocycles. The van der Waals surface area contributed by atoms with Gasteiger partial charge in [0.25, 0.3) is 0 Å². The Balaban J connectivity index is 1.92. The highest BCUT2D eigenvalue weighted by atomic mass is 19.1.